The normalized spacial score (nSPS) is 11.8. The van der Waals surface area contributed by atoms with Crippen LogP contribution < -0.4 is 0 Å². The molecule has 0 aliphatic carbocycles. The van der Waals surface area contributed by atoms with Crippen LogP contribution in [0, 0.1) is 0 Å². The summed E-state index contributed by atoms with van der Waals surface area (Å²) in [5.41, 5.74) is 15.8. The molecule has 322 valence electrons. The van der Waals surface area contributed by atoms with E-state index in [-0.39, 0.29) is 0 Å². The zero-order valence-corrected chi connectivity index (χ0v) is 37.0. The second-order valence-corrected chi connectivity index (χ2v) is 17.5. The van der Waals surface area contributed by atoms with Gasteiger partial charge in [-0.3, -0.25) is 0 Å². The van der Waals surface area contributed by atoms with E-state index in [2.05, 4.69) is 168 Å². The number of benzene rings is 10. The van der Waals surface area contributed by atoms with Crippen LogP contribution in [-0.2, 0) is 0 Å². The Kier molecular flexibility index (Phi) is 8.79. The summed E-state index contributed by atoms with van der Waals surface area (Å²) in [5, 5.41) is 6.56. The van der Waals surface area contributed by atoms with Crippen LogP contribution in [-0.4, -0.2) is 19.5 Å². The first-order valence-electron chi connectivity index (χ1n) is 23.2. The molecule has 0 aliphatic rings. The van der Waals surface area contributed by atoms with Crippen molar-refractivity contribution in [3.63, 3.8) is 0 Å². The Labute approximate surface area is 396 Å². The maximum Gasteiger partial charge on any atom is 0.164 e. The summed E-state index contributed by atoms with van der Waals surface area (Å²) in [4.78, 5) is 15.0. The van der Waals surface area contributed by atoms with E-state index in [1.165, 1.54) is 21.9 Å². The van der Waals surface area contributed by atoms with Gasteiger partial charge in [-0.2, -0.15) is 0 Å². The van der Waals surface area contributed by atoms with Gasteiger partial charge in [0, 0.05) is 54.6 Å². The minimum absolute atomic E-state index is 0.601. The summed E-state index contributed by atoms with van der Waals surface area (Å²) in [5.74, 6) is 1.85. The monoisotopic (exact) mass is 882 g/mol. The molecule has 0 radical (unpaired) electrons. The highest BCUT2D eigenvalue weighted by Gasteiger charge is 2.23. The summed E-state index contributed by atoms with van der Waals surface area (Å²) in [6.45, 7) is 0. The molecule has 0 spiro atoms. The fourth-order valence-corrected chi connectivity index (χ4v) is 10.3. The highest BCUT2D eigenvalue weighted by molar-refractivity contribution is 6.17. The number of fused-ring (bicyclic) bond motifs is 9. The molecule has 0 fully saturated rings. The number of hydrogen-bond acceptors (Lipinski definition) is 5. The lowest BCUT2D eigenvalue weighted by molar-refractivity contribution is 0.668. The Morgan fingerprint density at radius 3 is 1.64 bits per heavy atom. The number of rotatable bonds is 7. The maximum atomic E-state index is 6.93. The molecule has 0 bridgehead atoms. The molecule has 14 rings (SSSR count). The van der Waals surface area contributed by atoms with E-state index in [0.717, 1.165) is 99.5 Å². The van der Waals surface area contributed by atoms with E-state index in [1.54, 1.807) is 0 Å². The number of aromatic nitrogens is 4. The van der Waals surface area contributed by atoms with Crippen molar-refractivity contribution in [1.82, 2.24) is 19.5 Å². The largest absolute Gasteiger partial charge is 0.456 e. The van der Waals surface area contributed by atoms with Crippen molar-refractivity contribution >= 4 is 65.7 Å². The predicted octanol–water partition coefficient (Wildman–Crippen LogP) is 16.8. The molecule has 0 atom stereocenters. The highest BCUT2D eigenvalue weighted by atomic mass is 16.3. The highest BCUT2D eigenvalue weighted by Crippen LogP contribution is 2.46. The van der Waals surface area contributed by atoms with E-state index < -0.39 is 0 Å². The van der Waals surface area contributed by atoms with Gasteiger partial charge in [-0.05, 0) is 88.5 Å². The van der Waals surface area contributed by atoms with Crippen LogP contribution in [0.3, 0.4) is 0 Å². The summed E-state index contributed by atoms with van der Waals surface area (Å²) in [6.07, 6.45) is 0. The number of furan rings is 2. The zero-order chi connectivity index (χ0) is 45.4. The van der Waals surface area contributed by atoms with Gasteiger partial charge < -0.3 is 13.4 Å². The second-order valence-electron chi connectivity index (χ2n) is 17.5. The molecule has 4 aromatic heterocycles. The Balaban J connectivity index is 0.971. The van der Waals surface area contributed by atoms with E-state index >= 15 is 0 Å². The molecule has 0 saturated carbocycles. The topological polar surface area (TPSA) is 69.9 Å². The summed E-state index contributed by atoms with van der Waals surface area (Å²) < 4.78 is 16.0. The minimum atomic E-state index is 0.601. The van der Waals surface area contributed by atoms with Gasteiger partial charge in [0.05, 0.1) is 16.7 Å². The van der Waals surface area contributed by atoms with Crippen molar-refractivity contribution in [2.75, 3.05) is 0 Å². The Hall–Kier alpha value is -9.39. The first-order chi connectivity index (χ1) is 34.2. The van der Waals surface area contributed by atoms with Gasteiger partial charge in [0.2, 0.25) is 0 Å². The van der Waals surface area contributed by atoms with Gasteiger partial charge in [0.1, 0.15) is 22.3 Å². The van der Waals surface area contributed by atoms with E-state index in [1.807, 2.05) is 66.7 Å². The predicted molar refractivity (Wildman–Crippen MR) is 281 cm³/mol. The fraction of sp³-hybridized carbons (Fsp3) is 0. The van der Waals surface area contributed by atoms with Crippen molar-refractivity contribution < 1.29 is 8.83 Å². The maximum absolute atomic E-state index is 6.93. The average Bonchev–Trinajstić information content (AvgIpc) is 4.10. The minimum Gasteiger partial charge on any atom is -0.456 e. The van der Waals surface area contributed by atoms with Gasteiger partial charge in [0.25, 0.3) is 0 Å². The molecule has 6 heteroatoms. The molecule has 4 heterocycles. The van der Waals surface area contributed by atoms with Crippen LogP contribution in [0.15, 0.2) is 239 Å². The molecule has 10 aromatic carbocycles. The van der Waals surface area contributed by atoms with Crippen LogP contribution in [0.5, 0.6) is 0 Å². The third kappa shape index (κ3) is 6.38. The molecule has 14 aromatic rings. The summed E-state index contributed by atoms with van der Waals surface area (Å²) >= 11 is 0. The van der Waals surface area contributed by atoms with Crippen LogP contribution in [0.4, 0.5) is 0 Å². The van der Waals surface area contributed by atoms with Crippen molar-refractivity contribution in [2.24, 2.45) is 0 Å². The van der Waals surface area contributed by atoms with Crippen LogP contribution in [0.2, 0.25) is 0 Å². The SMILES string of the molecule is c1ccc(-c2ccc3c(c2)c2ccccc2n3-c2ccc3c(oc4ccccc43)c2-c2ccc3oc4cccc(-c5cccc(-c6nc(-c7ccccc7)nc(-c7ccccc7)n6)c5)c4c3c2)cc1. The molecule has 0 N–H and O–H groups in total. The third-order valence-electron chi connectivity index (χ3n) is 13.5. The van der Waals surface area contributed by atoms with E-state index in [9.17, 15) is 0 Å². The van der Waals surface area contributed by atoms with Crippen LogP contribution in [0.25, 0.3) is 139 Å². The Morgan fingerprint density at radius 1 is 0.304 bits per heavy atom. The first-order valence-corrected chi connectivity index (χ1v) is 23.2. The summed E-state index contributed by atoms with van der Waals surface area (Å²) in [6, 6.07) is 80.4. The van der Waals surface area contributed by atoms with Gasteiger partial charge in [-0.25, -0.2) is 15.0 Å². The second kappa shape index (κ2) is 15.6. The molecule has 0 saturated heterocycles. The molecule has 0 unspecified atom stereocenters. The molecule has 69 heavy (non-hydrogen) atoms. The molecular weight excluding hydrogens is 845 g/mol. The van der Waals surface area contributed by atoms with Gasteiger partial charge in [-0.15, -0.1) is 0 Å². The van der Waals surface area contributed by atoms with E-state index in [4.69, 9.17) is 23.8 Å². The third-order valence-corrected chi connectivity index (χ3v) is 13.5. The molecule has 6 nitrogen and oxygen atoms in total. The lowest BCUT2D eigenvalue weighted by Crippen LogP contribution is -2.00. The Bertz CT molecular complexity index is 4250. The standard InChI is InChI=1S/C63H38N4O2/c1-4-16-39(17-5-1)42-30-33-53-50(37-42)47-24-10-12-27-52(47)67(53)54-34-32-49-48-25-11-13-28-55(48)69-60(49)58(54)44-31-35-56-51(38-44)59-46(26-15-29-57(59)68-56)43-22-14-23-45(36-43)63-65-61(40-18-6-2-7-19-40)64-62(66-63)41-20-8-3-9-21-41/h1-38H. The zero-order valence-electron chi connectivity index (χ0n) is 37.0. The number of para-hydroxylation sites is 2. The fourth-order valence-electron chi connectivity index (χ4n) is 10.3. The number of nitrogens with zero attached hydrogens (tertiary/aromatic N) is 4. The lowest BCUT2D eigenvalue weighted by atomic mass is 9.95. The van der Waals surface area contributed by atoms with Crippen molar-refractivity contribution in [3.05, 3.63) is 231 Å². The average molecular weight is 883 g/mol. The van der Waals surface area contributed by atoms with Crippen molar-refractivity contribution in [3.8, 4) is 73.2 Å². The summed E-state index contributed by atoms with van der Waals surface area (Å²) in [7, 11) is 0. The van der Waals surface area contributed by atoms with Crippen LogP contribution >= 0.6 is 0 Å². The first kappa shape index (κ1) is 38.8. The van der Waals surface area contributed by atoms with Crippen molar-refractivity contribution in [2.45, 2.75) is 0 Å². The lowest BCUT2D eigenvalue weighted by Gasteiger charge is -2.15. The van der Waals surface area contributed by atoms with Gasteiger partial charge in [-0.1, -0.05) is 170 Å². The van der Waals surface area contributed by atoms with Crippen molar-refractivity contribution in [1.29, 1.82) is 0 Å². The van der Waals surface area contributed by atoms with E-state index in [0.29, 0.717) is 17.5 Å². The quantitative estimate of drug-likeness (QED) is 0.159. The van der Waals surface area contributed by atoms with Gasteiger partial charge >= 0.3 is 0 Å². The van der Waals surface area contributed by atoms with Gasteiger partial charge in [0.15, 0.2) is 17.5 Å². The molecular formula is C63H38N4O2. The smallest absolute Gasteiger partial charge is 0.164 e. The molecule has 0 aliphatic heterocycles. The van der Waals surface area contributed by atoms with Crippen LogP contribution in [0.1, 0.15) is 0 Å². The Morgan fingerprint density at radius 2 is 0.870 bits per heavy atom. The number of hydrogen-bond donors (Lipinski definition) is 0. The molecule has 0 amide bonds.